The summed E-state index contributed by atoms with van der Waals surface area (Å²) < 4.78 is 11.7. The smallest absolute Gasteiger partial charge is 0.326 e. The molecule has 0 aromatic carbocycles. The summed E-state index contributed by atoms with van der Waals surface area (Å²) in [7, 11) is 6.35. The Hall–Kier alpha value is -3.55. The molecule has 0 aliphatic carbocycles. The van der Waals surface area contributed by atoms with Gasteiger partial charge in [-0.05, 0) is 37.3 Å². The molecule has 8 atom stereocenters. The van der Waals surface area contributed by atoms with Gasteiger partial charge in [-0.2, -0.15) is 0 Å². The van der Waals surface area contributed by atoms with E-state index in [-0.39, 0.29) is 48.9 Å². The van der Waals surface area contributed by atoms with Crippen molar-refractivity contribution in [3.63, 3.8) is 0 Å². The molecule has 0 aromatic rings. The van der Waals surface area contributed by atoms with Gasteiger partial charge in [0.25, 0.3) is 0 Å². The molecule has 4 amide bonds. The van der Waals surface area contributed by atoms with Gasteiger partial charge in [0.1, 0.15) is 6.04 Å². The molecule has 1 aliphatic heterocycles. The van der Waals surface area contributed by atoms with E-state index in [1.165, 1.54) is 26.4 Å². The van der Waals surface area contributed by atoms with Crippen molar-refractivity contribution >= 4 is 29.6 Å². The first-order valence-corrected chi connectivity index (χ1v) is 17.2. The van der Waals surface area contributed by atoms with Crippen molar-refractivity contribution in [1.29, 1.82) is 0 Å². The van der Waals surface area contributed by atoms with Crippen LogP contribution in [0.5, 0.6) is 0 Å². The van der Waals surface area contributed by atoms with Crippen LogP contribution in [0.25, 0.3) is 0 Å². The van der Waals surface area contributed by atoms with Gasteiger partial charge in [-0.3, -0.25) is 19.2 Å². The van der Waals surface area contributed by atoms with Crippen molar-refractivity contribution in [2.24, 2.45) is 17.8 Å². The molecular formula is C36H61N5O8. The summed E-state index contributed by atoms with van der Waals surface area (Å²) in [5.74, 6) is -3.22. The van der Waals surface area contributed by atoms with Crippen molar-refractivity contribution in [2.45, 2.75) is 103 Å². The van der Waals surface area contributed by atoms with Crippen LogP contribution in [0.1, 0.15) is 66.7 Å². The van der Waals surface area contributed by atoms with Crippen LogP contribution in [0, 0.1) is 17.8 Å². The lowest BCUT2D eigenvalue weighted by atomic mass is 9.90. The molecule has 0 bridgehead atoms. The van der Waals surface area contributed by atoms with Crippen LogP contribution in [0.4, 0.5) is 0 Å². The van der Waals surface area contributed by atoms with Gasteiger partial charge in [0.05, 0.1) is 49.2 Å². The van der Waals surface area contributed by atoms with E-state index in [4.69, 9.17) is 9.47 Å². The minimum absolute atomic E-state index is 0.0147. The lowest BCUT2D eigenvalue weighted by Crippen LogP contribution is -2.55. The SMILES string of the molecule is C=C/C=C(\C=C)CC(NC(=O)C(C)C(OC)C1CCCN1C(=O)CC(OC)C(C(C)CC)N(C)C(=O)CNC(=O)C(NC)C(C)C)C(=O)O. The lowest BCUT2D eigenvalue weighted by Gasteiger charge is -2.39. The molecule has 1 heterocycles. The zero-order chi connectivity index (χ0) is 37.4. The second kappa shape index (κ2) is 21.5. The number of carboxylic acids is 1. The van der Waals surface area contributed by atoms with Crippen molar-refractivity contribution < 1.29 is 38.6 Å². The number of aliphatic carboxylic acids is 1. The zero-order valence-corrected chi connectivity index (χ0v) is 31.0. The molecule has 13 heteroatoms. The summed E-state index contributed by atoms with van der Waals surface area (Å²) in [5.41, 5.74) is 0.611. The Labute approximate surface area is 292 Å². The number of amides is 4. The first kappa shape index (κ1) is 43.5. The quantitative estimate of drug-likeness (QED) is 0.125. The average Bonchev–Trinajstić information content (AvgIpc) is 3.55. The molecule has 8 unspecified atom stereocenters. The third-order valence-corrected chi connectivity index (χ3v) is 9.63. The molecule has 13 nitrogen and oxygen atoms in total. The van der Waals surface area contributed by atoms with E-state index in [0.29, 0.717) is 25.0 Å². The van der Waals surface area contributed by atoms with Crippen molar-refractivity contribution in [1.82, 2.24) is 25.8 Å². The Balaban J connectivity index is 3.13. The molecular weight excluding hydrogens is 630 g/mol. The summed E-state index contributed by atoms with van der Waals surface area (Å²) in [6.45, 7) is 17.1. The topological polar surface area (TPSA) is 167 Å². The van der Waals surface area contributed by atoms with Crippen LogP contribution in [0.2, 0.25) is 0 Å². The Morgan fingerprint density at radius 2 is 1.69 bits per heavy atom. The van der Waals surface area contributed by atoms with Gasteiger partial charge in [-0.25, -0.2) is 4.79 Å². The lowest BCUT2D eigenvalue weighted by molar-refractivity contribution is -0.147. The normalized spacial score (nSPS) is 19.2. The number of rotatable bonds is 22. The maximum absolute atomic E-state index is 13.9. The van der Waals surface area contributed by atoms with E-state index in [9.17, 15) is 29.1 Å². The Morgan fingerprint density at radius 1 is 1.04 bits per heavy atom. The highest BCUT2D eigenvalue weighted by Gasteiger charge is 2.42. The van der Waals surface area contributed by atoms with Gasteiger partial charge >= 0.3 is 5.97 Å². The molecule has 49 heavy (non-hydrogen) atoms. The van der Waals surface area contributed by atoms with Crippen LogP contribution in [0.15, 0.2) is 37.0 Å². The maximum Gasteiger partial charge on any atom is 0.326 e. The molecule has 1 saturated heterocycles. The second-order valence-corrected chi connectivity index (χ2v) is 13.2. The number of nitrogens with one attached hydrogen (secondary N) is 3. The Bertz CT molecular complexity index is 1170. The van der Waals surface area contributed by atoms with Gasteiger partial charge in [-0.15, -0.1) is 0 Å². The molecule has 0 aromatic heterocycles. The number of nitrogens with zero attached hydrogens (tertiary/aromatic N) is 2. The van der Waals surface area contributed by atoms with Crippen LogP contribution in [0.3, 0.4) is 0 Å². The molecule has 0 saturated carbocycles. The summed E-state index contributed by atoms with van der Waals surface area (Å²) >= 11 is 0. The molecule has 1 rings (SSSR count). The highest BCUT2D eigenvalue weighted by Crippen LogP contribution is 2.29. The summed E-state index contributed by atoms with van der Waals surface area (Å²) in [6.07, 6.45) is 5.37. The van der Waals surface area contributed by atoms with Crippen LogP contribution in [-0.4, -0.2) is 122 Å². The first-order chi connectivity index (χ1) is 23.1. The third kappa shape index (κ3) is 12.4. The molecule has 0 radical (unpaired) electrons. The van der Waals surface area contributed by atoms with Crippen LogP contribution < -0.4 is 16.0 Å². The average molecular weight is 692 g/mol. The number of likely N-dealkylation sites (N-methyl/N-ethyl adjacent to an activating group) is 2. The summed E-state index contributed by atoms with van der Waals surface area (Å²) in [6, 6.07) is -2.51. The largest absolute Gasteiger partial charge is 0.480 e. The van der Waals surface area contributed by atoms with Crippen molar-refractivity contribution in [3.05, 3.63) is 37.0 Å². The van der Waals surface area contributed by atoms with E-state index in [1.54, 1.807) is 36.9 Å². The van der Waals surface area contributed by atoms with Gasteiger partial charge in [0, 0.05) is 34.2 Å². The first-order valence-electron chi connectivity index (χ1n) is 17.2. The molecule has 1 aliphatic rings. The predicted molar refractivity (Wildman–Crippen MR) is 189 cm³/mol. The number of methoxy groups -OCH3 is 2. The number of carbonyl (C=O) groups is 5. The molecule has 4 N–H and O–H groups in total. The number of likely N-dealkylation sites (tertiary alicyclic amines) is 1. The van der Waals surface area contributed by atoms with E-state index in [0.717, 1.165) is 6.42 Å². The fourth-order valence-corrected chi connectivity index (χ4v) is 6.60. The fourth-order valence-electron chi connectivity index (χ4n) is 6.60. The number of ether oxygens (including phenoxy) is 2. The van der Waals surface area contributed by atoms with Gasteiger partial charge in [0.15, 0.2) is 0 Å². The van der Waals surface area contributed by atoms with Gasteiger partial charge in [0.2, 0.25) is 23.6 Å². The number of carbonyl (C=O) groups excluding carboxylic acids is 4. The van der Waals surface area contributed by atoms with Gasteiger partial charge < -0.3 is 40.3 Å². The zero-order valence-electron chi connectivity index (χ0n) is 31.0. The van der Waals surface area contributed by atoms with Crippen molar-refractivity contribution in [3.8, 4) is 0 Å². The predicted octanol–water partition coefficient (Wildman–Crippen LogP) is 2.52. The van der Waals surface area contributed by atoms with Crippen molar-refractivity contribution in [2.75, 3.05) is 41.4 Å². The Kier molecular flexibility index (Phi) is 19.1. The minimum Gasteiger partial charge on any atom is -0.480 e. The van der Waals surface area contributed by atoms with Crippen LogP contribution in [-0.2, 0) is 33.4 Å². The number of allylic oxidation sites excluding steroid dienone is 3. The Morgan fingerprint density at radius 3 is 2.18 bits per heavy atom. The molecule has 1 fully saturated rings. The molecule has 278 valence electrons. The van der Waals surface area contributed by atoms with E-state index in [1.807, 2.05) is 27.7 Å². The highest BCUT2D eigenvalue weighted by molar-refractivity contribution is 5.88. The van der Waals surface area contributed by atoms with E-state index >= 15 is 0 Å². The van der Waals surface area contributed by atoms with E-state index < -0.39 is 54.2 Å². The maximum atomic E-state index is 13.9. The number of hydrogen-bond donors (Lipinski definition) is 4. The standard InChI is InChI=1S/C36H61N5O8/c1-12-16-25(14-3)19-26(36(46)47)39-34(44)24(7)33(49-11)27-17-15-18-41(27)29(42)20-28(48-10)32(23(6)13-2)40(9)30(43)21-38-35(45)31(37-8)22(4)5/h12,14,16,22-24,26-28,31-33,37H,1,3,13,15,17-21H2,2,4-11H3,(H,38,45)(H,39,44)(H,46,47)/b25-16+. The monoisotopic (exact) mass is 691 g/mol. The second-order valence-electron chi connectivity index (χ2n) is 13.2. The van der Waals surface area contributed by atoms with E-state index in [2.05, 4.69) is 29.1 Å². The van der Waals surface area contributed by atoms with Crippen LogP contribution >= 0.6 is 0 Å². The minimum atomic E-state index is -1.19. The summed E-state index contributed by atoms with van der Waals surface area (Å²) in [5, 5.41) is 18.1. The third-order valence-electron chi connectivity index (χ3n) is 9.63. The molecule has 0 spiro atoms. The van der Waals surface area contributed by atoms with Gasteiger partial charge in [-0.1, -0.05) is 72.4 Å². The number of hydrogen-bond acceptors (Lipinski definition) is 8. The fraction of sp³-hybridized carbons (Fsp3) is 0.694. The summed E-state index contributed by atoms with van der Waals surface area (Å²) in [4.78, 5) is 68.5. The number of carboxylic acid groups (broad SMARTS) is 1. The highest BCUT2D eigenvalue weighted by atomic mass is 16.5.